The number of rotatable bonds is 2. The van der Waals surface area contributed by atoms with Gasteiger partial charge < -0.3 is 4.98 Å². The molecular weight excluding hydrogens is 277 g/mol. The summed E-state index contributed by atoms with van der Waals surface area (Å²) in [6.45, 7) is 1.79. The number of benzene rings is 2. The molecule has 0 radical (unpaired) electrons. The molecule has 0 atom stereocenters. The smallest absolute Gasteiger partial charge is 0.152 e. The molecule has 1 aromatic heterocycles. The highest BCUT2D eigenvalue weighted by atomic mass is 35.5. The first-order valence-electron chi connectivity index (χ1n) is 6.13. The van der Waals surface area contributed by atoms with Crippen molar-refractivity contribution in [2.75, 3.05) is 0 Å². The van der Waals surface area contributed by atoms with Gasteiger partial charge in [-0.05, 0) is 30.7 Å². The lowest BCUT2D eigenvalue weighted by Gasteiger charge is -2.02. The van der Waals surface area contributed by atoms with Crippen molar-refractivity contribution >= 4 is 28.8 Å². The van der Waals surface area contributed by atoms with Crippen LogP contribution in [0.25, 0.3) is 22.2 Å². The third-order valence-electron chi connectivity index (χ3n) is 3.31. The van der Waals surface area contributed by atoms with E-state index in [0.717, 1.165) is 11.8 Å². The normalized spacial score (nSPS) is 10.9. The number of nitrogens with one attached hydrogen (secondary N) is 1. The van der Waals surface area contributed by atoms with E-state index in [1.165, 1.54) is 6.07 Å². The molecule has 2 nitrogen and oxygen atoms in total. The molecule has 0 saturated carbocycles. The van der Waals surface area contributed by atoms with Crippen LogP contribution in [0.3, 0.4) is 0 Å². The van der Waals surface area contributed by atoms with Crippen LogP contribution >= 0.6 is 11.6 Å². The number of carbonyl (C=O) groups is 1. The zero-order chi connectivity index (χ0) is 14.3. The minimum absolute atomic E-state index is 0.326. The average Bonchev–Trinajstić information content (AvgIpc) is 2.77. The largest absolute Gasteiger partial charge is 0.351 e. The first-order valence-corrected chi connectivity index (χ1v) is 6.51. The highest BCUT2D eigenvalue weighted by Crippen LogP contribution is 2.34. The Hall–Kier alpha value is -2.13. The molecule has 0 bridgehead atoms. The molecule has 1 N–H and O–H groups in total. The summed E-state index contributed by atoms with van der Waals surface area (Å²) in [4.78, 5) is 14.4. The monoisotopic (exact) mass is 287 g/mol. The van der Waals surface area contributed by atoms with Gasteiger partial charge in [0.2, 0.25) is 0 Å². The van der Waals surface area contributed by atoms with Gasteiger partial charge in [-0.1, -0.05) is 29.8 Å². The number of fused-ring (bicyclic) bond motifs is 1. The number of aldehydes is 1. The molecule has 4 heteroatoms. The van der Waals surface area contributed by atoms with E-state index in [0.29, 0.717) is 32.7 Å². The fraction of sp³-hybridized carbons (Fsp3) is 0.0625. The van der Waals surface area contributed by atoms with Crippen LogP contribution in [-0.2, 0) is 0 Å². The molecule has 0 amide bonds. The third-order valence-corrected chi connectivity index (χ3v) is 3.63. The Labute approximate surface area is 120 Å². The zero-order valence-electron chi connectivity index (χ0n) is 10.7. The van der Waals surface area contributed by atoms with E-state index in [1.807, 2.05) is 6.07 Å². The molecule has 0 aliphatic heterocycles. The fourth-order valence-electron chi connectivity index (χ4n) is 2.41. The molecule has 0 spiro atoms. The Balaban J connectivity index is 2.40. The van der Waals surface area contributed by atoms with E-state index in [4.69, 9.17) is 11.6 Å². The van der Waals surface area contributed by atoms with Gasteiger partial charge in [0.1, 0.15) is 5.82 Å². The number of halogens is 2. The van der Waals surface area contributed by atoms with Crippen LogP contribution in [0, 0.1) is 12.7 Å². The van der Waals surface area contributed by atoms with Crippen molar-refractivity contribution in [3.05, 3.63) is 58.4 Å². The number of H-pyrrole nitrogens is 1. The minimum Gasteiger partial charge on any atom is -0.351 e. The van der Waals surface area contributed by atoms with Crippen molar-refractivity contribution in [2.24, 2.45) is 0 Å². The Morgan fingerprint density at radius 2 is 2.00 bits per heavy atom. The van der Waals surface area contributed by atoms with Crippen LogP contribution < -0.4 is 0 Å². The maximum Gasteiger partial charge on any atom is 0.152 e. The lowest BCUT2D eigenvalue weighted by molar-refractivity contribution is 0.112. The first-order chi connectivity index (χ1) is 9.61. The van der Waals surface area contributed by atoms with Crippen molar-refractivity contribution < 1.29 is 9.18 Å². The van der Waals surface area contributed by atoms with Gasteiger partial charge in [0, 0.05) is 21.5 Å². The SMILES string of the molecule is Cc1cc(F)c2[nH]c(-c3ccccc3Cl)c(C=O)c2c1. The quantitative estimate of drug-likeness (QED) is 0.678. The number of carbonyl (C=O) groups excluding carboxylic acids is 1. The van der Waals surface area contributed by atoms with E-state index < -0.39 is 0 Å². The molecule has 0 unspecified atom stereocenters. The van der Waals surface area contributed by atoms with Gasteiger partial charge in [0.05, 0.1) is 11.2 Å². The van der Waals surface area contributed by atoms with Gasteiger partial charge in [-0.3, -0.25) is 4.79 Å². The summed E-state index contributed by atoms with van der Waals surface area (Å²) in [5.41, 5.74) is 2.75. The Kier molecular flexibility index (Phi) is 3.07. The van der Waals surface area contributed by atoms with E-state index in [1.54, 1.807) is 31.2 Å². The molecule has 2 aromatic carbocycles. The van der Waals surface area contributed by atoms with Crippen LogP contribution in [0.1, 0.15) is 15.9 Å². The summed E-state index contributed by atoms with van der Waals surface area (Å²) >= 11 is 6.16. The van der Waals surface area contributed by atoms with Crippen molar-refractivity contribution in [3.63, 3.8) is 0 Å². The second kappa shape index (κ2) is 4.76. The van der Waals surface area contributed by atoms with Gasteiger partial charge in [-0.25, -0.2) is 4.39 Å². The van der Waals surface area contributed by atoms with Crippen LogP contribution in [-0.4, -0.2) is 11.3 Å². The maximum atomic E-state index is 14.0. The van der Waals surface area contributed by atoms with E-state index in [9.17, 15) is 9.18 Å². The summed E-state index contributed by atoms with van der Waals surface area (Å²) < 4.78 is 14.0. The number of aromatic nitrogens is 1. The fourth-order valence-corrected chi connectivity index (χ4v) is 2.64. The van der Waals surface area contributed by atoms with E-state index in [2.05, 4.69) is 4.98 Å². The highest BCUT2D eigenvalue weighted by molar-refractivity contribution is 6.33. The average molecular weight is 288 g/mol. The zero-order valence-corrected chi connectivity index (χ0v) is 11.5. The minimum atomic E-state index is -0.374. The second-order valence-electron chi connectivity index (χ2n) is 4.68. The van der Waals surface area contributed by atoms with E-state index >= 15 is 0 Å². The molecule has 0 aliphatic rings. The number of aryl methyl sites for hydroxylation is 1. The molecule has 100 valence electrons. The summed E-state index contributed by atoms with van der Waals surface area (Å²) in [6.07, 6.45) is 0.733. The highest BCUT2D eigenvalue weighted by Gasteiger charge is 2.17. The van der Waals surface area contributed by atoms with E-state index in [-0.39, 0.29) is 5.82 Å². The van der Waals surface area contributed by atoms with Gasteiger partial charge >= 0.3 is 0 Å². The molecule has 0 fully saturated rings. The van der Waals surface area contributed by atoms with Crippen molar-refractivity contribution in [1.82, 2.24) is 4.98 Å². The topological polar surface area (TPSA) is 32.9 Å². The van der Waals surface area contributed by atoms with Gasteiger partial charge in [-0.2, -0.15) is 0 Å². The maximum absolute atomic E-state index is 14.0. The third kappa shape index (κ3) is 1.91. The standard InChI is InChI=1S/C16H11ClFNO/c1-9-6-11-12(8-20)15(19-16(11)14(18)7-9)10-4-2-3-5-13(10)17/h2-8,19H,1H3. The van der Waals surface area contributed by atoms with Crippen molar-refractivity contribution in [3.8, 4) is 11.3 Å². The molecule has 3 rings (SSSR count). The first kappa shape index (κ1) is 12.9. The van der Waals surface area contributed by atoms with Crippen LogP contribution in [0.2, 0.25) is 5.02 Å². The Morgan fingerprint density at radius 1 is 1.25 bits per heavy atom. The van der Waals surface area contributed by atoms with Crippen molar-refractivity contribution in [1.29, 1.82) is 0 Å². The van der Waals surface area contributed by atoms with Crippen LogP contribution in [0.5, 0.6) is 0 Å². The molecular formula is C16H11ClFNO. The lowest BCUT2D eigenvalue weighted by atomic mass is 10.0. The molecule has 20 heavy (non-hydrogen) atoms. The number of hydrogen-bond donors (Lipinski definition) is 1. The summed E-state index contributed by atoms with van der Waals surface area (Å²) in [5, 5.41) is 1.09. The molecule has 1 heterocycles. The molecule has 0 aliphatic carbocycles. The predicted octanol–water partition coefficient (Wildman–Crippen LogP) is 4.75. The second-order valence-corrected chi connectivity index (χ2v) is 5.09. The van der Waals surface area contributed by atoms with Gasteiger partial charge in [0.15, 0.2) is 6.29 Å². The van der Waals surface area contributed by atoms with Crippen LogP contribution in [0.4, 0.5) is 4.39 Å². The molecule has 3 aromatic rings. The summed E-state index contributed by atoms with van der Waals surface area (Å²) in [7, 11) is 0. The van der Waals surface area contributed by atoms with Crippen LogP contribution in [0.15, 0.2) is 36.4 Å². The predicted molar refractivity (Wildman–Crippen MR) is 78.8 cm³/mol. The van der Waals surface area contributed by atoms with Gasteiger partial charge in [-0.15, -0.1) is 0 Å². The Morgan fingerprint density at radius 3 is 2.70 bits per heavy atom. The number of hydrogen-bond acceptors (Lipinski definition) is 1. The summed E-state index contributed by atoms with van der Waals surface area (Å²) in [5.74, 6) is -0.374. The number of aromatic amines is 1. The summed E-state index contributed by atoms with van der Waals surface area (Å²) in [6, 6.07) is 10.4. The van der Waals surface area contributed by atoms with Gasteiger partial charge in [0.25, 0.3) is 0 Å². The van der Waals surface area contributed by atoms with Crippen molar-refractivity contribution in [2.45, 2.75) is 6.92 Å². The Bertz CT molecular complexity index is 823. The molecule has 0 saturated heterocycles. The lowest BCUT2D eigenvalue weighted by Crippen LogP contribution is -1.85.